The molecule has 2 aromatic rings. The van der Waals surface area contributed by atoms with Gasteiger partial charge in [-0.25, -0.2) is 8.78 Å². The molecule has 25 heavy (non-hydrogen) atoms. The van der Waals surface area contributed by atoms with E-state index in [1.54, 1.807) is 13.8 Å². The minimum Gasteiger partial charge on any atom is -0.481 e. The number of hydrogen-bond donors (Lipinski definition) is 1. The van der Waals surface area contributed by atoms with Crippen molar-refractivity contribution in [2.45, 2.75) is 25.7 Å². The predicted molar refractivity (Wildman–Crippen MR) is 103 cm³/mol. The second kappa shape index (κ2) is 7.76. The third-order valence-corrected chi connectivity index (χ3v) is 5.90. The minimum atomic E-state index is -1.10. The lowest BCUT2D eigenvalue weighted by Gasteiger charge is -2.32. The van der Waals surface area contributed by atoms with Crippen LogP contribution in [-0.2, 0) is 16.6 Å². The first-order valence-electron chi connectivity index (χ1n) is 7.36. The lowest BCUT2D eigenvalue weighted by Crippen LogP contribution is -2.36. The first kappa shape index (κ1) is 20.4. The van der Waals surface area contributed by atoms with Gasteiger partial charge in [0.2, 0.25) is 0 Å². The molecule has 1 N–H and O–H groups in total. The highest BCUT2D eigenvalue weighted by Gasteiger charge is 2.38. The van der Waals surface area contributed by atoms with Crippen LogP contribution >= 0.6 is 45.8 Å². The topological polar surface area (TPSA) is 37.3 Å². The van der Waals surface area contributed by atoms with Crippen LogP contribution in [0.3, 0.4) is 0 Å². The van der Waals surface area contributed by atoms with Crippen LogP contribution in [-0.4, -0.2) is 11.1 Å². The Morgan fingerprint density at radius 2 is 1.64 bits per heavy atom. The quantitative estimate of drug-likeness (QED) is 0.399. The molecule has 0 fully saturated rings. The van der Waals surface area contributed by atoms with Crippen molar-refractivity contribution in [3.8, 4) is 0 Å². The number of halogens is 5. The average molecular weight is 499 g/mol. The van der Waals surface area contributed by atoms with Gasteiger partial charge in [-0.05, 0) is 52.3 Å². The summed E-state index contributed by atoms with van der Waals surface area (Å²) < 4.78 is 28.5. The van der Waals surface area contributed by atoms with Gasteiger partial charge in [-0.15, -0.1) is 0 Å². The van der Waals surface area contributed by atoms with Crippen molar-refractivity contribution in [2.24, 2.45) is 5.92 Å². The molecule has 0 aliphatic carbocycles. The van der Waals surface area contributed by atoms with Crippen molar-refractivity contribution in [1.82, 2.24) is 0 Å². The van der Waals surface area contributed by atoms with E-state index in [2.05, 4.69) is 22.6 Å². The maximum Gasteiger partial charge on any atom is 0.307 e. The number of carbonyl (C=O) groups is 1. The van der Waals surface area contributed by atoms with Gasteiger partial charge < -0.3 is 5.11 Å². The normalized spacial score (nSPS) is 12.9. The standard InChI is InChI=1S/C18H15Cl2F2IO2/c1-18(2,9-3-5-10(23)6-4-9)12(17(24)25)7-11-15(19)13(21)8-14(22)16(11)20/h3-6,8,12H,7H2,1-2H3,(H,24,25). The highest BCUT2D eigenvalue weighted by atomic mass is 127. The van der Waals surface area contributed by atoms with E-state index < -0.39 is 28.9 Å². The fourth-order valence-electron chi connectivity index (χ4n) is 2.74. The Bertz CT molecular complexity index is 781. The van der Waals surface area contributed by atoms with Crippen molar-refractivity contribution >= 4 is 51.8 Å². The highest BCUT2D eigenvalue weighted by molar-refractivity contribution is 14.1. The minimum absolute atomic E-state index is 0.0354. The molecule has 134 valence electrons. The fourth-order valence-corrected chi connectivity index (χ4v) is 3.60. The van der Waals surface area contributed by atoms with Crippen LogP contribution in [0.1, 0.15) is 25.0 Å². The van der Waals surface area contributed by atoms with E-state index in [0.717, 1.165) is 9.13 Å². The smallest absolute Gasteiger partial charge is 0.307 e. The first-order chi connectivity index (χ1) is 11.6. The van der Waals surface area contributed by atoms with Gasteiger partial charge in [0.1, 0.15) is 11.6 Å². The summed E-state index contributed by atoms with van der Waals surface area (Å²) in [6, 6.07) is 8.02. The van der Waals surface area contributed by atoms with Gasteiger partial charge in [0.25, 0.3) is 0 Å². The van der Waals surface area contributed by atoms with Crippen LogP contribution in [0.25, 0.3) is 0 Å². The molecular weight excluding hydrogens is 484 g/mol. The Hall–Kier alpha value is -0.920. The summed E-state index contributed by atoms with van der Waals surface area (Å²) in [7, 11) is 0. The average Bonchev–Trinajstić information content (AvgIpc) is 2.53. The summed E-state index contributed by atoms with van der Waals surface area (Å²) in [6.45, 7) is 3.54. The number of benzene rings is 2. The van der Waals surface area contributed by atoms with Crippen molar-refractivity contribution in [3.63, 3.8) is 0 Å². The van der Waals surface area contributed by atoms with E-state index >= 15 is 0 Å². The van der Waals surface area contributed by atoms with E-state index in [0.29, 0.717) is 6.07 Å². The molecule has 2 aromatic carbocycles. The van der Waals surface area contributed by atoms with E-state index in [1.807, 2.05) is 24.3 Å². The van der Waals surface area contributed by atoms with Gasteiger partial charge in [-0.3, -0.25) is 4.79 Å². The largest absolute Gasteiger partial charge is 0.481 e. The maximum absolute atomic E-state index is 13.8. The van der Waals surface area contributed by atoms with Crippen LogP contribution < -0.4 is 0 Å². The van der Waals surface area contributed by atoms with Gasteiger partial charge in [-0.1, -0.05) is 49.2 Å². The molecule has 0 aliphatic heterocycles. The van der Waals surface area contributed by atoms with Gasteiger partial charge in [-0.2, -0.15) is 0 Å². The molecular formula is C18H15Cl2F2IO2. The fraction of sp³-hybridized carbons (Fsp3) is 0.278. The van der Waals surface area contributed by atoms with Crippen molar-refractivity contribution in [2.75, 3.05) is 0 Å². The van der Waals surface area contributed by atoms with E-state index in [4.69, 9.17) is 23.2 Å². The van der Waals surface area contributed by atoms with Gasteiger partial charge in [0, 0.05) is 15.1 Å². The van der Waals surface area contributed by atoms with Gasteiger partial charge >= 0.3 is 5.97 Å². The number of rotatable bonds is 5. The van der Waals surface area contributed by atoms with Crippen molar-refractivity contribution < 1.29 is 18.7 Å². The third-order valence-electron chi connectivity index (χ3n) is 4.37. The van der Waals surface area contributed by atoms with E-state index in [-0.39, 0.29) is 22.0 Å². The number of carboxylic acid groups (broad SMARTS) is 1. The summed E-state index contributed by atoms with van der Waals surface area (Å²) >= 11 is 14.0. The van der Waals surface area contributed by atoms with Crippen LogP contribution in [0, 0.1) is 21.1 Å². The number of aliphatic carboxylic acids is 1. The van der Waals surface area contributed by atoms with E-state index in [1.165, 1.54) is 0 Å². The summed E-state index contributed by atoms with van der Waals surface area (Å²) in [4.78, 5) is 11.9. The Balaban J connectivity index is 2.50. The van der Waals surface area contributed by atoms with Gasteiger partial charge in [0.05, 0.1) is 16.0 Å². The zero-order valence-corrected chi connectivity index (χ0v) is 17.1. The molecule has 0 amide bonds. The molecule has 0 aromatic heterocycles. The first-order valence-corrected chi connectivity index (χ1v) is 9.20. The lowest BCUT2D eigenvalue weighted by atomic mass is 9.71. The maximum atomic E-state index is 13.8. The molecule has 0 heterocycles. The number of carboxylic acids is 1. The molecule has 0 aliphatic rings. The molecule has 0 spiro atoms. The SMILES string of the molecule is CC(C)(c1ccc(I)cc1)C(Cc1c(Cl)c(F)cc(F)c1Cl)C(=O)O. The molecule has 0 bridgehead atoms. The van der Waals surface area contributed by atoms with Crippen LogP contribution in [0.15, 0.2) is 30.3 Å². The monoisotopic (exact) mass is 498 g/mol. The summed E-state index contributed by atoms with van der Waals surface area (Å²) in [6.07, 6.45) is -0.194. The molecule has 0 saturated carbocycles. The third kappa shape index (κ3) is 4.26. The highest BCUT2D eigenvalue weighted by Crippen LogP contribution is 2.39. The Morgan fingerprint density at radius 3 is 2.08 bits per heavy atom. The summed E-state index contributed by atoms with van der Waals surface area (Å²) in [5.74, 6) is -4.01. The molecule has 0 saturated heterocycles. The Kier molecular flexibility index (Phi) is 6.33. The second-order valence-corrected chi connectivity index (χ2v) is 8.27. The molecule has 0 radical (unpaired) electrons. The summed E-state index contributed by atoms with van der Waals surface area (Å²) in [5, 5.41) is 9.03. The Labute approximate surface area is 168 Å². The van der Waals surface area contributed by atoms with Crippen LogP contribution in [0.4, 0.5) is 8.78 Å². The molecule has 2 nitrogen and oxygen atoms in total. The molecule has 1 unspecified atom stereocenters. The predicted octanol–water partition coefficient (Wildman–Crippen LogP) is 6.10. The molecule has 7 heteroatoms. The molecule has 2 rings (SSSR count). The Morgan fingerprint density at radius 1 is 1.16 bits per heavy atom. The summed E-state index contributed by atoms with van der Waals surface area (Å²) in [5.41, 5.74) is -0.0534. The van der Waals surface area contributed by atoms with Crippen LogP contribution in [0.5, 0.6) is 0 Å². The van der Waals surface area contributed by atoms with Crippen molar-refractivity contribution in [1.29, 1.82) is 0 Å². The van der Waals surface area contributed by atoms with E-state index in [9.17, 15) is 18.7 Å². The molecule has 1 atom stereocenters. The zero-order valence-electron chi connectivity index (χ0n) is 13.4. The van der Waals surface area contributed by atoms with Crippen LogP contribution in [0.2, 0.25) is 10.0 Å². The number of hydrogen-bond acceptors (Lipinski definition) is 1. The van der Waals surface area contributed by atoms with Gasteiger partial charge in [0.15, 0.2) is 0 Å². The lowest BCUT2D eigenvalue weighted by molar-refractivity contribution is -0.144. The second-order valence-electron chi connectivity index (χ2n) is 6.27. The zero-order chi connectivity index (χ0) is 18.9. The van der Waals surface area contributed by atoms with Crippen molar-refractivity contribution in [3.05, 3.63) is 66.7 Å².